The SMILES string of the molecule is C[C@@H]1CCCCN1CCNC(=O)/C=C\c1ccccc1. The Morgan fingerprint density at radius 3 is 2.90 bits per heavy atom. The molecule has 1 aromatic carbocycles. The minimum atomic E-state index is -0.0153. The average molecular weight is 272 g/mol. The number of nitrogens with one attached hydrogen (secondary N) is 1. The topological polar surface area (TPSA) is 32.3 Å². The fourth-order valence-corrected chi connectivity index (χ4v) is 2.61. The fourth-order valence-electron chi connectivity index (χ4n) is 2.61. The molecule has 0 unspecified atom stereocenters. The van der Waals surface area contributed by atoms with Crippen molar-refractivity contribution in [2.45, 2.75) is 32.2 Å². The summed E-state index contributed by atoms with van der Waals surface area (Å²) >= 11 is 0. The van der Waals surface area contributed by atoms with Crippen LogP contribution in [0.3, 0.4) is 0 Å². The number of nitrogens with zero attached hydrogens (tertiary/aromatic N) is 1. The molecule has 3 heteroatoms. The van der Waals surface area contributed by atoms with E-state index in [1.54, 1.807) is 6.08 Å². The van der Waals surface area contributed by atoms with Crippen molar-refractivity contribution in [3.63, 3.8) is 0 Å². The quantitative estimate of drug-likeness (QED) is 0.836. The molecule has 0 saturated carbocycles. The van der Waals surface area contributed by atoms with Crippen LogP contribution in [-0.4, -0.2) is 36.5 Å². The van der Waals surface area contributed by atoms with E-state index in [9.17, 15) is 4.79 Å². The highest BCUT2D eigenvalue weighted by Crippen LogP contribution is 2.15. The Balaban J connectivity index is 1.69. The number of carbonyl (C=O) groups is 1. The summed E-state index contributed by atoms with van der Waals surface area (Å²) < 4.78 is 0. The molecule has 1 aliphatic rings. The molecule has 1 N–H and O–H groups in total. The first-order valence-electron chi connectivity index (χ1n) is 7.51. The molecule has 2 rings (SSSR count). The van der Waals surface area contributed by atoms with Crippen molar-refractivity contribution in [1.82, 2.24) is 10.2 Å². The Kier molecular flexibility index (Phi) is 5.81. The number of rotatable bonds is 5. The van der Waals surface area contributed by atoms with Crippen LogP contribution in [0.5, 0.6) is 0 Å². The first-order chi connectivity index (χ1) is 9.75. The molecule has 1 amide bonds. The van der Waals surface area contributed by atoms with E-state index in [0.717, 1.165) is 25.2 Å². The van der Waals surface area contributed by atoms with E-state index in [-0.39, 0.29) is 5.91 Å². The van der Waals surface area contributed by atoms with Crippen molar-refractivity contribution in [3.05, 3.63) is 42.0 Å². The summed E-state index contributed by atoms with van der Waals surface area (Å²) in [6, 6.07) is 10.5. The molecule has 1 heterocycles. The maximum atomic E-state index is 11.7. The van der Waals surface area contributed by atoms with Gasteiger partial charge in [-0.15, -0.1) is 0 Å². The lowest BCUT2D eigenvalue weighted by atomic mass is 10.0. The summed E-state index contributed by atoms with van der Waals surface area (Å²) in [7, 11) is 0. The number of carbonyl (C=O) groups excluding carboxylic acids is 1. The lowest BCUT2D eigenvalue weighted by molar-refractivity contribution is -0.116. The summed E-state index contributed by atoms with van der Waals surface area (Å²) in [5.74, 6) is -0.0153. The van der Waals surface area contributed by atoms with Crippen LogP contribution in [0.2, 0.25) is 0 Å². The fraction of sp³-hybridized carbons (Fsp3) is 0.471. The maximum absolute atomic E-state index is 11.7. The number of hydrogen-bond acceptors (Lipinski definition) is 2. The highest BCUT2D eigenvalue weighted by molar-refractivity contribution is 5.91. The Bertz CT molecular complexity index is 442. The highest BCUT2D eigenvalue weighted by atomic mass is 16.1. The molecule has 1 fully saturated rings. The Labute approximate surface area is 121 Å². The molecule has 3 nitrogen and oxygen atoms in total. The van der Waals surface area contributed by atoms with Gasteiger partial charge in [0.25, 0.3) is 0 Å². The van der Waals surface area contributed by atoms with Gasteiger partial charge in [0.05, 0.1) is 0 Å². The molecule has 0 spiro atoms. The second kappa shape index (κ2) is 7.85. The summed E-state index contributed by atoms with van der Waals surface area (Å²) in [5, 5.41) is 2.95. The van der Waals surface area contributed by atoms with Gasteiger partial charge in [-0.3, -0.25) is 9.69 Å². The number of piperidine rings is 1. The number of likely N-dealkylation sites (tertiary alicyclic amines) is 1. The molecule has 1 saturated heterocycles. The zero-order valence-electron chi connectivity index (χ0n) is 12.2. The third-order valence-corrected chi connectivity index (χ3v) is 3.87. The van der Waals surface area contributed by atoms with Gasteiger partial charge in [-0.05, 0) is 37.9 Å². The van der Waals surface area contributed by atoms with Gasteiger partial charge in [0.1, 0.15) is 0 Å². The molecule has 1 aliphatic heterocycles. The Morgan fingerprint density at radius 1 is 1.35 bits per heavy atom. The maximum Gasteiger partial charge on any atom is 0.244 e. The van der Waals surface area contributed by atoms with Crippen LogP contribution in [-0.2, 0) is 4.79 Å². The van der Waals surface area contributed by atoms with E-state index >= 15 is 0 Å². The van der Waals surface area contributed by atoms with E-state index in [4.69, 9.17) is 0 Å². The molecule has 0 aliphatic carbocycles. The third-order valence-electron chi connectivity index (χ3n) is 3.87. The lowest BCUT2D eigenvalue weighted by Crippen LogP contribution is -2.42. The van der Waals surface area contributed by atoms with E-state index in [1.165, 1.54) is 19.3 Å². The van der Waals surface area contributed by atoms with Crippen molar-refractivity contribution in [1.29, 1.82) is 0 Å². The third kappa shape index (κ3) is 4.82. The summed E-state index contributed by atoms with van der Waals surface area (Å²) in [5.41, 5.74) is 1.05. The van der Waals surface area contributed by atoms with Crippen molar-refractivity contribution in [3.8, 4) is 0 Å². The number of benzene rings is 1. The predicted molar refractivity (Wildman–Crippen MR) is 83.4 cm³/mol. The molecular weight excluding hydrogens is 248 g/mol. The van der Waals surface area contributed by atoms with Crippen LogP contribution in [0.1, 0.15) is 31.7 Å². The molecule has 1 atom stereocenters. The first-order valence-corrected chi connectivity index (χ1v) is 7.51. The van der Waals surface area contributed by atoms with Crippen LogP contribution >= 0.6 is 0 Å². The number of amides is 1. The zero-order valence-corrected chi connectivity index (χ0v) is 12.2. The monoisotopic (exact) mass is 272 g/mol. The molecule has 0 radical (unpaired) electrons. The molecule has 108 valence electrons. The van der Waals surface area contributed by atoms with Gasteiger partial charge in [0, 0.05) is 25.2 Å². The average Bonchev–Trinajstić information content (AvgIpc) is 2.48. The van der Waals surface area contributed by atoms with Crippen LogP contribution in [0.4, 0.5) is 0 Å². The van der Waals surface area contributed by atoms with Gasteiger partial charge in [-0.25, -0.2) is 0 Å². The normalized spacial score (nSPS) is 20.1. The number of hydrogen-bond donors (Lipinski definition) is 1. The summed E-state index contributed by atoms with van der Waals surface area (Å²) in [6.07, 6.45) is 7.35. The van der Waals surface area contributed by atoms with Crippen molar-refractivity contribution >= 4 is 12.0 Å². The molecule has 0 bridgehead atoms. The minimum absolute atomic E-state index is 0.0153. The second-order valence-electron chi connectivity index (χ2n) is 5.42. The lowest BCUT2D eigenvalue weighted by Gasteiger charge is -2.33. The largest absolute Gasteiger partial charge is 0.351 e. The van der Waals surface area contributed by atoms with E-state index in [1.807, 2.05) is 36.4 Å². The highest BCUT2D eigenvalue weighted by Gasteiger charge is 2.17. The second-order valence-corrected chi connectivity index (χ2v) is 5.42. The Hall–Kier alpha value is -1.61. The smallest absolute Gasteiger partial charge is 0.244 e. The molecule has 0 aromatic heterocycles. The van der Waals surface area contributed by atoms with Crippen LogP contribution < -0.4 is 5.32 Å². The van der Waals surface area contributed by atoms with Crippen molar-refractivity contribution in [2.24, 2.45) is 0 Å². The van der Waals surface area contributed by atoms with E-state index < -0.39 is 0 Å². The molecule has 20 heavy (non-hydrogen) atoms. The first kappa shape index (κ1) is 14.8. The summed E-state index contributed by atoms with van der Waals surface area (Å²) in [4.78, 5) is 14.2. The van der Waals surface area contributed by atoms with Gasteiger partial charge in [-0.2, -0.15) is 0 Å². The van der Waals surface area contributed by atoms with Crippen LogP contribution in [0.25, 0.3) is 6.08 Å². The van der Waals surface area contributed by atoms with Crippen molar-refractivity contribution < 1.29 is 4.79 Å². The van der Waals surface area contributed by atoms with Crippen LogP contribution in [0.15, 0.2) is 36.4 Å². The standard InChI is InChI=1S/C17H24N2O/c1-15-7-5-6-13-19(15)14-12-18-17(20)11-10-16-8-3-2-4-9-16/h2-4,8-11,15H,5-7,12-14H2,1H3,(H,18,20)/b11-10-/t15-/m1/s1. The van der Waals surface area contributed by atoms with Crippen molar-refractivity contribution in [2.75, 3.05) is 19.6 Å². The Morgan fingerprint density at radius 2 is 2.15 bits per heavy atom. The predicted octanol–water partition coefficient (Wildman–Crippen LogP) is 2.69. The van der Waals surface area contributed by atoms with E-state index in [0.29, 0.717) is 6.04 Å². The minimum Gasteiger partial charge on any atom is -0.351 e. The van der Waals surface area contributed by atoms with Crippen LogP contribution in [0, 0.1) is 0 Å². The molecular formula is C17H24N2O. The van der Waals surface area contributed by atoms with E-state index in [2.05, 4.69) is 17.1 Å². The van der Waals surface area contributed by atoms with Gasteiger partial charge in [0.2, 0.25) is 5.91 Å². The molecule has 1 aromatic rings. The van der Waals surface area contributed by atoms with Gasteiger partial charge in [-0.1, -0.05) is 36.8 Å². The summed E-state index contributed by atoms with van der Waals surface area (Å²) in [6.45, 7) is 5.11. The zero-order chi connectivity index (χ0) is 14.2. The van der Waals surface area contributed by atoms with Gasteiger partial charge >= 0.3 is 0 Å². The van der Waals surface area contributed by atoms with Gasteiger partial charge < -0.3 is 5.32 Å². The van der Waals surface area contributed by atoms with Gasteiger partial charge in [0.15, 0.2) is 0 Å².